The summed E-state index contributed by atoms with van der Waals surface area (Å²) in [5, 5.41) is 30.3. The number of aliphatic hydroxyl groups excluding tert-OH is 3. The normalized spacial score (nSPS) is 13.5. The van der Waals surface area contributed by atoms with E-state index >= 15 is 0 Å². The molecule has 70 valence electrons. The molecule has 0 rings (SSSR count). The Morgan fingerprint density at radius 1 is 1.09 bits per heavy atom. The van der Waals surface area contributed by atoms with Crippen molar-refractivity contribution < 1.29 is 15.3 Å². The van der Waals surface area contributed by atoms with Gasteiger partial charge < -0.3 is 0 Å². The van der Waals surface area contributed by atoms with Crippen LogP contribution in [0.15, 0.2) is 0 Å². The third-order valence-corrected chi connectivity index (χ3v) is 4.71. The van der Waals surface area contributed by atoms with Crippen LogP contribution in [-0.2, 0) is 0 Å². The number of hydrogen-bond acceptors (Lipinski definition) is 4. The van der Waals surface area contributed by atoms with E-state index in [0.29, 0.717) is 6.54 Å². The molecule has 0 heterocycles. The fraction of sp³-hybridized carbons (Fsp3) is 1.00. The number of halogens is 1. The molecule has 0 amide bonds. The Bertz CT molecular complexity index is 93.5. The van der Waals surface area contributed by atoms with Crippen LogP contribution in [0.3, 0.4) is 0 Å². The van der Waals surface area contributed by atoms with Gasteiger partial charge in [0.1, 0.15) is 0 Å². The fourth-order valence-corrected chi connectivity index (χ4v) is 2.49. The van der Waals surface area contributed by atoms with Crippen molar-refractivity contribution in [3.63, 3.8) is 0 Å². The first kappa shape index (κ1) is 11.8. The van der Waals surface area contributed by atoms with Crippen molar-refractivity contribution in [3.05, 3.63) is 0 Å². The van der Waals surface area contributed by atoms with E-state index in [-0.39, 0.29) is 19.0 Å². The third kappa shape index (κ3) is 3.78. The fourth-order valence-electron chi connectivity index (χ4n) is 0.630. The summed E-state index contributed by atoms with van der Waals surface area (Å²) in [4.78, 5) is 0. The van der Waals surface area contributed by atoms with Crippen LogP contribution >= 0.6 is 23.3 Å². The molecule has 0 unspecified atom stereocenters. The summed E-state index contributed by atoms with van der Waals surface area (Å²) in [5.41, 5.74) is 0. The summed E-state index contributed by atoms with van der Waals surface area (Å²) in [6.07, 6.45) is -0.396. The first-order chi connectivity index (χ1) is 5.24. The zero-order valence-corrected chi connectivity index (χ0v) is 8.84. The monoisotopic (exact) mass is 247 g/mol. The average molecular weight is 248 g/mol. The molecule has 0 aromatic rings. The first-order valence-electron chi connectivity index (χ1n) is 3.38. The second-order valence-corrected chi connectivity index (χ2v) is 7.03. The van der Waals surface area contributed by atoms with Crippen LogP contribution in [0.2, 0.25) is 0 Å². The molecule has 4 N–H and O–H groups in total. The van der Waals surface area contributed by atoms with Crippen molar-refractivity contribution in [2.75, 3.05) is 30.9 Å². The van der Waals surface area contributed by atoms with Gasteiger partial charge in [0.2, 0.25) is 0 Å². The van der Waals surface area contributed by atoms with E-state index in [0.717, 1.165) is 5.33 Å². The van der Waals surface area contributed by atoms with Crippen molar-refractivity contribution in [1.82, 2.24) is 5.09 Å². The van der Waals surface area contributed by atoms with Crippen LogP contribution in [-0.4, -0.2) is 46.2 Å². The summed E-state index contributed by atoms with van der Waals surface area (Å²) in [7, 11) is -2.35. The standard InChI is InChI=1S/C5H15BrNO3P/c6-1-2-7-11(3-8,4-9)5-10/h7-11H,1-5H2. The molecular weight excluding hydrogens is 233 g/mol. The van der Waals surface area contributed by atoms with Crippen LogP contribution in [0, 0.1) is 0 Å². The minimum atomic E-state index is -2.35. The van der Waals surface area contributed by atoms with Crippen molar-refractivity contribution in [3.8, 4) is 0 Å². The summed E-state index contributed by atoms with van der Waals surface area (Å²) >= 11 is 3.20. The van der Waals surface area contributed by atoms with Gasteiger partial charge in [0.05, 0.1) is 0 Å². The van der Waals surface area contributed by atoms with Crippen LogP contribution in [0.1, 0.15) is 0 Å². The van der Waals surface area contributed by atoms with E-state index in [2.05, 4.69) is 21.0 Å². The number of rotatable bonds is 6. The van der Waals surface area contributed by atoms with Gasteiger partial charge >= 0.3 is 74.7 Å². The Morgan fingerprint density at radius 3 is 1.82 bits per heavy atom. The summed E-state index contributed by atoms with van der Waals surface area (Å²) < 4.78 is 0. The predicted molar refractivity (Wildman–Crippen MR) is 51.4 cm³/mol. The van der Waals surface area contributed by atoms with Gasteiger partial charge in [0.15, 0.2) is 0 Å². The number of alkyl halides is 1. The molecule has 0 atom stereocenters. The molecule has 0 bridgehead atoms. The minimum absolute atomic E-state index is 0.132. The van der Waals surface area contributed by atoms with E-state index in [1.807, 2.05) is 0 Å². The molecule has 0 fully saturated rings. The van der Waals surface area contributed by atoms with Gasteiger partial charge in [-0.1, -0.05) is 0 Å². The number of nitrogens with one attached hydrogen (secondary N) is 1. The molecule has 6 heteroatoms. The Morgan fingerprint density at radius 2 is 1.55 bits per heavy atom. The summed E-state index contributed by atoms with van der Waals surface area (Å²) in [6, 6.07) is 0. The van der Waals surface area contributed by atoms with Gasteiger partial charge in [-0.05, 0) is 0 Å². The topological polar surface area (TPSA) is 72.7 Å². The van der Waals surface area contributed by atoms with Crippen molar-refractivity contribution in [2.45, 2.75) is 0 Å². The molecule has 0 saturated heterocycles. The zero-order chi connectivity index (χ0) is 8.74. The summed E-state index contributed by atoms with van der Waals surface area (Å²) in [6.45, 7) is 0.661. The maximum absolute atomic E-state index is 8.87. The van der Waals surface area contributed by atoms with Gasteiger partial charge in [0, 0.05) is 0 Å². The Balaban J connectivity index is 3.84. The Hall–Kier alpha value is 0.750. The Kier molecular flexibility index (Phi) is 6.71. The maximum atomic E-state index is 8.87. The van der Waals surface area contributed by atoms with E-state index < -0.39 is 7.41 Å². The molecule has 0 saturated carbocycles. The van der Waals surface area contributed by atoms with E-state index in [9.17, 15) is 0 Å². The first-order valence-corrected chi connectivity index (χ1v) is 7.12. The van der Waals surface area contributed by atoms with E-state index in [1.54, 1.807) is 0 Å². The van der Waals surface area contributed by atoms with Gasteiger partial charge in [-0.3, -0.25) is 0 Å². The number of hydrogen-bond donors (Lipinski definition) is 4. The van der Waals surface area contributed by atoms with Gasteiger partial charge in [-0.25, -0.2) is 0 Å². The van der Waals surface area contributed by atoms with Crippen molar-refractivity contribution in [1.29, 1.82) is 0 Å². The zero-order valence-electron chi connectivity index (χ0n) is 6.26. The molecule has 0 aliphatic carbocycles. The van der Waals surface area contributed by atoms with Crippen LogP contribution in [0.25, 0.3) is 0 Å². The van der Waals surface area contributed by atoms with Crippen molar-refractivity contribution in [2.24, 2.45) is 0 Å². The second-order valence-electron chi connectivity index (χ2n) is 2.37. The molecule has 4 nitrogen and oxygen atoms in total. The predicted octanol–water partition coefficient (Wildman–Crippen LogP) is -0.515. The molecule has 11 heavy (non-hydrogen) atoms. The van der Waals surface area contributed by atoms with Crippen LogP contribution in [0.4, 0.5) is 0 Å². The molecule has 0 radical (unpaired) electrons. The van der Waals surface area contributed by atoms with E-state index in [4.69, 9.17) is 15.3 Å². The Labute approximate surface area is 75.1 Å². The van der Waals surface area contributed by atoms with Gasteiger partial charge in [-0.2, -0.15) is 0 Å². The molecule has 0 spiro atoms. The molecular formula is C5H15BrNO3P. The SMILES string of the molecule is OC[PH](CO)(CO)NCCBr. The van der Waals surface area contributed by atoms with Crippen molar-refractivity contribution >= 4 is 23.3 Å². The number of aliphatic hydroxyl groups is 3. The third-order valence-electron chi connectivity index (χ3n) is 1.50. The average Bonchev–Trinajstić information content (AvgIpc) is 2.08. The molecule has 0 aromatic carbocycles. The van der Waals surface area contributed by atoms with E-state index in [1.165, 1.54) is 0 Å². The molecule has 0 aliphatic heterocycles. The quantitative estimate of drug-likeness (QED) is 0.377. The second kappa shape index (κ2) is 6.29. The molecule has 0 aliphatic rings. The van der Waals surface area contributed by atoms with Crippen LogP contribution in [0.5, 0.6) is 0 Å². The van der Waals surface area contributed by atoms with Crippen LogP contribution < -0.4 is 5.09 Å². The van der Waals surface area contributed by atoms with Gasteiger partial charge in [0.25, 0.3) is 0 Å². The van der Waals surface area contributed by atoms with Gasteiger partial charge in [-0.15, -0.1) is 0 Å². The summed E-state index contributed by atoms with van der Waals surface area (Å²) in [5.74, 6) is 0. The molecule has 0 aromatic heterocycles.